The van der Waals surface area contributed by atoms with Crippen LogP contribution in [-0.4, -0.2) is 37.0 Å². The lowest BCUT2D eigenvalue weighted by Crippen LogP contribution is -2.42. The van der Waals surface area contributed by atoms with Gasteiger partial charge in [-0.1, -0.05) is 0 Å². The third kappa shape index (κ3) is 6.45. The van der Waals surface area contributed by atoms with E-state index >= 15 is 0 Å². The van der Waals surface area contributed by atoms with E-state index in [0.717, 1.165) is 0 Å². The Morgan fingerprint density at radius 3 is 0.750 bits per heavy atom. The van der Waals surface area contributed by atoms with E-state index in [1.54, 1.807) is 0 Å². The Balaban J connectivity index is 0. The van der Waals surface area contributed by atoms with Crippen LogP contribution in [0.25, 0.3) is 0 Å². The summed E-state index contributed by atoms with van der Waals surface area (Å²) in [6.07, 6.45) is -27.3. The van der Waals surface area contributed by atoms with E-state index in [1.807, 2.05) is 0 Å². The van der Waals surface area contributed by atoms with E-state index in [9.17, 15) is 61.5 Å². The molecule has 0 aliphatic rings. The molecular formula is C6H2F14. The molecule has 0 N–H and O–H groups in total. The first-order chi connectivity index (χ1) is 8.35. The van der Waals surface area contributed by atoms with Gasteiger partial charge in [-0.2, -0.15) is 48.3 Å². The molecule has 0 saturated carbocycles. The Hall–Kier alpha value is -0.980. The predicted molar refractivity (Wildman–Crippen MR) is 34.0 cm³/mol. The van der Waals surface area contributed by atoms with Gasteiger partial charge < -0.3 is 0 Å². The number of rotatable bonds is 1. The van der Waals surface area contributed by atoms with Crippen molar-refractivity contribution in [3.63, 3.8) is 0 Å². The molecule has 0 aliphatic carbocycles. The second kappa shape index (κ2) is 6.20. The van der Waals surface area contributed by atoms with Crippen molar-refractivity contribution in [3.05, 3.63) is 0 Å². The lowest BCUT2D eigenvalue weighted by molar-refractivity contribution is -0.320. The van der Waals surface area contributed by atoms with Crippen LogP contribution in [0.3, 0.4) is 0 Å². The summed E-state index contributed by atoms with van der Waals surface area (Å²) in [5, 5.41) is 0. The van der Waals surface area contributed by atoms with E-state index in [-0.39, 0.29) is 0 Å². The summed E-state index contributed by atoms with van der Waals surface area (Å²) in [4.78, 5) is 0. The molecule has 0 heterocycles. The molecule has 20 heavy (non-hydrogen) atoms. The van der Waals surface area contributed by atoms with Crippen molar-refractivity contribution in [3.8, 4) is 0 Å². The molecule has 124 valence electrons. The fraction of sp³-hybridized carbons (Fsp3) is 1.00. The highest BCUT2D eigenvalue weighted by Crippen LogP contribution is 2.39. The monoisotopic (exact) mass is 340 g/mol. The molecule has 0 amide bonds. The Kier molecular flexibility index (Phi) is 6.61. The summed E-state index contributed by atoms with van der Waals surface area (Å²) >= 11 is 0. The standard InChI is InChI=1S/2C3HF7/c4-1(5)2(6,7)3(8,9)10;4-1(2(5,6)7)3(8,9)10/h2*1H. The van der Waals surface area contributed by atoms with Gasteiger partial charge in [0.1, 0.15) is 0 Å². The van der Waals surface area contributed by atoms with Gasteiger partial charge in [-0.3, -0.25) is 0 Å². The minimum absolute atomic E-state index is 4.70. The van der Waals surface area contributed by atoms with Gasteiger partial charge in [-0.05, 0) is 0 Å². The maximum atomic E-state index is 11.2. The second-order valence-corrected chi connectivity index (χ2v) is 2.87. The van der Waals surface area contributed by atoms with Crippen molar-refractivity contribution in [1.29, 1.82) is 0 Å². The molecule has 0 rings (SSSR count). The minimum Gasteiger partial charge on any atom is -0.227 e. The van der Waals surface area contributed by atoms with Crippen LogP contribution in [-0.2, 0) is 0 Å². The third-order valence-electron chi connectivity index (χ3n) is 1.23. The van der Waals surface area contributed by atoms with Gasteiger partial charge in [0.25, 0.3) is 6.17 Å². The fourth-order valence-corrected chi connectivity index (χ4v) is 0.309. The number of hydrogen-bond donors (Lipinski definition) is 0. The summed E-state index contributed by atoms with van der Waals surface area (Å²) in [6, 6.07) is 0. The van der Waals surface area contributed by atoms with Crippen molar-refractivity contribution in [1.82, 2.24) is 0 Å². The average Bonchev–Trinajstić information content (AvgIpc) is 2.12. The topological polar surface area (TPSA) is 0 Å². The normalized spacial score (nSPS) is 14.4. The summed E-state index contributed by atoms with van der Waals surface area (Å²) in [5.41, 5.74) is 0. The smallest absolute Gasteiger partial charge is 0.227 e. The molecule has 14 heteroatoms. The van der Waals surface area contributed by atoms with E-state index in [1.165, 1.54) is 0 Å². The van der Waals surface area contributed by atoms with Crippen molar-refractivity contribution in [2.45, 2.75) is 37.0 Å². The van der Waals surface area contributed by atoms with Gasteiger partial charge in [0.15, 0.2) is 0 Å². The minimum atomic E-state index is -6.17. The molecule has 0 atom stereocenters. The van der Waals surface area contributed by atoms with E-state index in [0.29, 0.717) is 0 Å². The van der Waals surface area contributed by atoms with Gasteiger partial charge in [-0.25, -0.2) is 13.2 Å². The largest absolute Gasteiger partial charge is 0.459 e. The molecule has 0 unspecified atom stereocenters. The van der Waals surface area contributed by atoms with Crippen LogP contribution < -0.4 is 0 Å². The zero-order valence-electron chi connectivity index (χ0n) is 8.45. The molecule has 0 saturated heterocycles. The van der Waals surface area contributed by atoms with Crippen LogP contribution in [0.5, 0.6) is 0 Å². The van der Waals surface area contributed by atoms with E-state index in [4.69, 9.17) is 0 Å². The Labute approximate surface area is 99.9 Å². The number of halogens is 14. The number of hydrogen-bond acceptors (Lipinski definition) is 0. The zero-order chi connectivity index (χ0) is 17.2. The summed E-state index contributed by atoms with van der Waals surface area (Å²) in [7, 11) is 0. The Bertz CT molecular complexity index is 264. The van der Waals surface area contributed by atoms with Crippen molar-refractivity contribution >= 4 is 0 Å². The van der Waals surface area contributed by atoms with Crippen molar-refractivity contribution in [2.24, 2.45) is 0 Å². The maximum absolute atomic E-state index is 11.2. The highest BCUT2D eigenvalue weighted by molar-refractivity contribution is 4.77. The van der Waals surface area contributed by atoms with Crippen LogP contribution in [0.1, 0.15) is 0 Å². The zero-order valence-corrected chi connectivity index (χ0v) is 8.45. The van der Waals surface area contributed by atoms with Crippen molar-refractivity contribution in [2.75, 3.05) is 0 Å². The van der Waals surface area contributed by atoms with Crippen LogP contribution in [0.4, 0.5) is 61.5 Å². The highest BCUT2D eigenvalue weighted by atomic mass is 19.4. The Morgan fingerprint density at radius 2 is 0.750 bits per heavy atom. The van der Waals surface area contributed by atoms with Gasteiger partial charge in [0.05, 0.1) is 0 Å². The van der Waals surface area contributed by atoms with Gasteiger partial charge in [0.2, 0.25) is 0 Å². The van der Waals surface area contributed by atoms with E-state index in [2.05, 4.69) is 0 Å². The summed E-state index contributed by atoms with van der Waals surface area (Å²) in [6.45, 7) is 0. The molecule has 0 spiro atoms. The first kappa shape index (κ1) is 21.3. The molecule has 0 bridgehead atoms. The fourth-order valence-electron chi connectivity index (χ4n) is 0.309. The molecular weight excluding hydrogens is 338 g/mol. The highest BCUT2D eigenvalue weighted by Gasteiger charge is 2.64. The first-order valence-electron chi connectivity index (χ1n) is 3.85. The predicted octanol–water partition coefficient (Wildman–Crippen LogP) is 4.90. The molecule has 0 aromatic rings. The van der Waals surface area contributed by atoms with E-state index < -0.39 is 37.0 Å². The van der Waals surface area contributed by atoms with Gasteiger partial charge >= 0.3 is 30.9 Å². The lowest BCUT2D eigenvalue weighted by Gasteiger charge is -2.17. The van der Waals surface area contributed by atoms with Crippen LogP contribution >= 0.6 is 0 Å². The van der Waals surface area contributed by atoms with Crippen LogP contribution in [0, 0.1) is 0 Å². The quantitative estimate of drug-likeness (QED) is 0.596. The summed E-state index contributed by atoms with van der Waals surface area (Å²) in [5.74, 6) is -5.90. The van der Waals surface area contributed by atoms with Gasteiger partial charge in [-0.15, -0.1) is 0 Å². The molecule has 0 radical (unpaired) electrons. The van der Waals surface area contributed by atoms with Crippen molar-refractivity contribution < 1.29 is 61.5 Å². The molecule has 0 aromatic heterocycles. The summed E-state index contributed by atoms with van der Waals surface area (Å²) < 4.78 is 153. The van der Waals surface area contributed by atoms with Gasteiger partial charge in [0, 0.05) is 0 Å². The lowest BCUT2D eigenvalue weighted by atomic mass is 10.3. The molecule has 0 aromatic carbocycles. The molecule has 0 aliphatic heterocycles. The second-order valence-electron chi connectivity index (χ2n) is 2.87. The molecule has 0 fully saturated rings. The molecule has 0 nitrogen and oxygen atoms in total. The SMILES string of the molecule is FC(C(F)(F)F)C(F)(F)F.FC(F)C(F)(F)C(F)(F)F. The van der Waals surface area contributed by atoms with Crippen LogP contribution in [0.2, 0.25) is 0 Å². The average molecular weight is 340 g/mol. The maximum Gasteiger partial charge on any atom is 0.459 e. The third-order valence-corrected chi connectivity index (χ3v) is 1.23. The Morgan fingerprint density at radius 1 is 0.500 bits per heavy atom. The first-order valence-corrected chi connectivity index (χ1v) is 3.85. The van der Waals surface area contributed by atoms with Crippen LogP contribution in [0.15, 0.2) is 0 Å². The number of alkyl halides is 14.